The predicted octanol–water partition coefficient (Wildman–Crippen LogP) is 1.74. The maximum Gasteiger partial charge on any atom is 0.0185 e. The number of nitrogens with two attached hydrogens (primary N) is 1. The van der Waals surface area contributed by atoms with E-state index in [4.69, 9.17) is 5.73 Å². The summed E-state index contributed by atoms with van der Waals surface area (Å²) in [6.45, 7) is 2.24. The monoisotopic (exact) mass is 153 g/mol. The van der Waals surface area contributed by atoms with Crippen molar-refractivity contribution in [3.63, 3.8) is 0 Å². The molecule has 10 heavy (non-hydrogen) atoms. The Kier molecular flexibility index (Phi) is 1.17. The van der Waals surface area contributed by atoms with Crippen LogP contribution >= 0.6 is 11.3 Å². The van der Waals surface area contributed by atoms with Crippen LogP contribution in [-0.4, -0.2) is 6.04 Å². The summed E-state index contributed by atoms with van der Waals surface area (Å²) in [5, 5.41) is 2.12. The van der Waals surface area contributed by atoms with Crippen molar-refractivity contribution in [2.75, 3.05) is 0 Å². The molecule has 2 atom stereocenters. The zero-order valence-corrected chi connectivity index (χ0v) is 6.82. The Morgan fingerprint density at radius 3 is 2.90 bits per heavy atom. The molecule has 2 N–H and O–H groups in total. The highest BCUT2D eigenvalue weighted by Gasteiger charge is 2.49. The molecule has 1 aliphatic carbocycles. The first-order valence-electron chi connectivity index (χ1n) is 3.53. The molecule has 1 nitrogen and oxygen atoms in total. The van der Waals surface area contributed by atoms with E-state index in [2.05, 4.69) is 24.4 Å². The van der Waals surface area contributed by atoms with E-state index in [1.807, 2.05) is 11.3 Å². The lowest BCUT2D eigenvalue weighted by atomic mass is 10.1. The van der Waals surface area contributed by atoms with Gasteiger partial charge in [-0.25, -0.2) is 0 Å². The topological polar surface area (TPSA) is 26.0 Å². The van der Waals surface area contributed by atoms with E-state index >= 15 is 0 Å². The van der Waals surface area contributed by atoms with Gasteiger partial charge in [-0.3, -0.25) is 0 Å². The average Bonchev–Trinajstić information content (AvgIpc) is 2.35. The average molecular weight is 153 g/mol. The molecule has 0 spiro atoms. The van der Waals surface area contributed by atoms with Gasteiger partial charge in [-0.1, -0.05) is 13.0 Å². The number of hydrogen-bond acceptors (Lipinski definition) is 2. The molecule has 1 fully saturated rings. The van der Waals surface area contributed by atoms with Gasteiger partial charge >= 0.3 is 0 Å². The lowest BCUT2D eigenvalue weighted by Gasteiger charge is -2.03. The predicted molar refractivity (Wildman–Crippen MR) is 44.3 cm³/mol. The molecule has 1 aromatic heterocycles. The minimum Gasteiger partial charge on any atom is -0.327 e. The fourth-order valence-corrected chi connectivity index (χ4v) is 2.25. The second-order valence-electron chi connectivity index (χ2n) is 3.21. The summed E-state index contributed by atoms with van der Waals surface area (Å²) in [7, 11) is 0. The van der Waals surface area contributed by atoms with Crippen molar-refractivity contribution >= 4 is 11.3 Å². The molecule has 0 unspecified atom stereocenters. The van der Waals surface area contributed by atoms with Crippen LogP contribution in [0, 0.1) is 0 Å². The van der Waals surface area contributed by atoms with Crippen LogP contribution in [0.25, 0.3) is 0 Å². The van der Waals surface area contributed by atoms with Gasteiger partial charge in [-0.2, -0.15) is 0 Å². The number of hydrogen-bond donors (Lipinski definition) is 1. The van der Waals surface area contributed by atoms with Crippen LogP contribution in [0.5, 0.6) is 0 Å². The zero-order valence-electron chi connectivity index (χ0n) is 6.00. The molecule has 54 valence electrons. The first kappa shape index (κ1) is 6.38. The van der Waals surface area contributed by atoms with Crippen molar-refractivity contribution < 1.29 is 0 Å². The van der Waals surface area contributed by atoms with Gasteiger partial charge < -0.3 is 5.73 Å². The molecule has 0 aliphatic heterocycles. The molecule has 0 aromatic carbocycles. The molecule has 1 aromatic rings. The highest BCUT2D eigenvalue weighted by Crippen LogP contribution is 2.47. The highest BCUT2D eigenvalue weighted by atomic mass is 32.1. The van der Waals surface area contributed by atoms with Crippen molar-refractivity contribution in [3.8, 4) is 0 Å². The maximum atomic E-state index is 5.80. The molecule has 0 amide bonds. The molecular formula is C8H11NS. The van der Waals surface area contributed by atoms with E-state index in [9.17, 15) is 0 Å². The Labute approximate surface area is 64.9 Å². The number of rotatable bonds is 1. The van der Waals surface area contributed by atoms with Gasteiger partial charge in [0.15, 0.2) is 0 Å². The summed E-state index contributed by atoms with van der Waals surface area (Å²) in [6.07, 6.45) is 1.16. The minimum atomic E-state index is 0.328. The molecular weight excluding hydrogens is 142 g/mol. The van der Waals surface area contributed by atoms with Crippen LogP contribution in [0.1, 0.15) is 18.2 Å². The quantitative estimate of drug-likeness (QED) is 0.653. The van der Waals surface area contributed by atoms with E-state index in [1.54, 1.807) is 0 Å². The molecule has 0 bridgehead atoms. The van der Waals surface area contributed by atoms with E-state index in [0.29, 0.717) is 11.5 Å². The molecule has 1 aliphatic rings. The largest absolute Gasteiger partial charge is 0.327 e. The second-order valence-corrected chi connectivity index (χ2v) is 4.15. The van der Waals surface area contributed by atoms with E-state index in [-0.39, 0.29) is 0 Å². The smallest absolute Gasteiger partial charge is 0.0185 e. The molecule has 2 rings (SSSR count). The third-order valence-electron chi connectivity index (χ3n) is 2.39. The third kappa shape index (κ3) is 0.724. The van der Waals surface area contributed by atoms with Crippen LogP contribution in [0.4, 0.5) is 0 Å². The van der Waals surface area contributed by atoms with Crippen LogP contribution in [0.2, 0.25) is 0 Å². The van der Waals surface area contributed by atoms with Gasteiger partial charge in [0.2, 0.25) is 0 Å². The SMILES string of the molecule is C[C@]1(c2cccs2)C[C@H]1N. The fourth-order valence-electron chi connectivity index (χ4n) is 1.28. The standard InChI is InChI=1S/C8H11NS/c1-8(5-6(8)9)7-3-2-4-10-7/h2-4,6H,5,9H2,1H3/t6-,8+/m1/s1. The van der Waals surface area contributed by atoms with Gasteiger partial charge in [-0.05, 0) is 17.9 Å². The van der Waals surface area contributed by atoms with Crippen LogP contribution in [0.3, 0.4) is 0 Å². The van der Waals surface area contributed by atoms with Crippen molar-refractivity contribution in [1.82, 2.24) is 0 Å². The lowest BCUT2D eigenvalue weighted by Crippen LogP contribution is -2.12. The van der Waals surface area contributed by atoms with Gasteiger partial charge in [0.25, 0.3) is 0 Å². The third-order valence-corrected chi connectivity index (χ3v) is 3.54. The minimum absolute atomic E-state index is 0.328. The Morgan fingerprint density at radius 2 is 2.50 bits per heavy atom. The summed E-state index contributed by atoms with van der Waals surface area (Å²) in [6, 6.07) is 4.68. The molecule has 0 radical (unpaired) electrons. The summed E-state index contributed by atoms with van der Waals surface area (Å²) < 4.78 is 0. The zero-order chi connectivity index (χ0) is 7.19. The van der Waals surface area contributed by atoms with Crippen molar-refractivity contribution in [2.24, 2.45) is 5.73 Å². The molecule has 1 heterocycles. The summed E-state index contributed by atoms with van der Waals surface area (Å²) in [5.74, 6) is 0. The van der Waals surface area contributed by atoms with Gasteiger partial charge in [0, 0.05) is 16.3 Å². The van der Waals surface area contributed by atoms with Gasteiger partial charge in [0.05, 0.1) is 0 Å². The van der Waals surface area contributed by atoms with Crippen molar-refractivity contribution in [1.29, 1.82) is 0 Å². The van der Waals surface area contributed by atoms with Crippen LogP contribution < -0.4 is 5.73 Å². The first-order chi connectivity index (χ1) is 4.73. The summed E-state index contributed by atoms with van der Waals surface area (Å²) >= 11 is 1.82. The van der Waals surface area contributed by atoms with Crippen LogP contribution in [0.15, 0.2) is 17.5 Å². The Morgan fingerprint density at radius 1 is 1.80 bits per heavy atom. The first-order valence-corrected chi connectivity index (χ1v) is 4.41. The highest BCUT2D eigenvalue weighted by molar-refractivity contribution is 7.10. The van der Waals surface area contributed by atoms with Gasteiger partial charge in [0.1, 0.15) is 0 Å². The normalized spacial score (nSPS) is 38.0. The maximum absolute atomic E-state index is 5.80. The van der Waals surface area contributed by atoms with Crippen molar-refractivity contribution in [2.45, 2.75) is 24.8 Å². The Balaban J connectivity index is 2.30. The van der Waals surface area contributed by atoms with Gasteiger partial charge in [-0.15, -0.1) is 11.3 Å². The fraction of sp³-hybridized carbons (Fsp3) is 0.500. The molecule has 1 saturated carbocycles. The van der Waals surface area contributed by atoms with Crippen molar-refractivity contribution in [3.05, 3.63) is 22.4 Å². The molecule has 0 saturated heterocycles. The Bertz CT molecular complexity index is 229. The molecule has 2 heteroatoms. The number of thiophene rings is 1. The van der Waals surface area contributed by atoms with Crippen LogP contribution in [-0.2, 0) is 5.41 Å². The lowest BCUT2D eigenvalue weighted by molar-refractivity contribution is 0.758. The summed E-state index contributed by atoms with van der Waals surface area (Å²) in [4.78, 5) is 1.44. The van der Waals surface area contributed by atoms with E-state index in [0.717, 1.165) is 6.42 Å². The van der Waals surface area contributed by atoms with E-state index < -0.39 is 0 Å². The Hall–Kier alpha value is -0.340. The summed E-state index contributed by atoms with van der Waals surface area (Å²) in [5.41, 5.74) is 6.13. The second kappa shape index (κ2) is 1.83. The van der Waals surface area contributed by atoms with E-state index in [1.165, 1.54) is 4.88 Å².